The molecule has 0 saturated heterocycles. The van der Waals surface area contributed by atoms with E-state index in [1.165, 1.54) is 6.07 Å². The van der Waals surface area contributed by atoms with Gasteiger partial charge in [0.25, 0.3) is 0 Å². The van der Waals surface area contributed by atoms with E-state index in [2.05, 4.69) is 22.9 Å². The van der Waals surface area contributed by atoms with Gasteiger partial charge in [-0.1, -0.05) is 25.5 Å². The summed E-state index contributed by atoms with van der Waals surface area (Å²) in [6, 6.07) is 4.86. The van der Waals surface area contributed by atoms with Crippen molar-refractivity contribution in [1.29, 1.82) is 0 Å². The maximum Gasteiger partial charge on any atom is 0.140 e. The van der Waals surface area contributed by atoms with E-state index in [0.29, 0.717) is 16.8 Å². The molecule has 92 valence electrons. The van der Waals surface area contributed by atoms with E-state index < -0.39 is 0 Å². The third-order valence-corrected chi connectivity index (χ3v) is 4.56. The van der Waals surface area contributed by atoms with Crippen LogP contribution in [0.2, 0.25) is 0 Å². The molecular weight excluding hydrogens is 283 g/mol. The van der Waals surface area contributed by atoms with Gasteiger partial charge in [0, 0.05) is 12.3 Å². The zero-order valence-corrected chi connectivity index (χ0v) is 11.5. The first kappa shape index (κ1) is 12.7. The summed E-state index contributed by atoms with van der Waals surface area (Å²) in [6.45, 7) is 2.14. The summed E-state index contributed by atoms with van der Waals surface area (Å²) in [4.78, 5) is 12.1. The van der Waals surface area contributed by atoms with Crippen molar-refractivity contribution in [1.82, 2.24) is 0 Å². The first-order chi connectivity index (χ1) is 8.09. The van der Waals surface area contributed by atoms with Crippen LogP contribution in [0.4, 0.5) is 4.39 Å². The van der Waals surface area contributed by atoms with Crippen LogP contribution in [0.5, 0.6) is 0 Å². The standard InChI is InChI=1S/C14H16BrFO/c1-9-4-2-6-11(9)13(17)8-10-5-3-7-12(16)14(10)15/h3,5,7,9,11H,2,4,6,8H2,1H3. The molecule has 17 heavy (non-hydrogen) atoms. The minimum Gasteiger partial charge on any atom is -0.299 e. The Hall–Kier alpha value is -0.700. The van der Waals surface area contributed by atoms with Gasteiger partial charge in [-0.3, -0.25) is 4.79 Å². The molecule has 0 bridgehead atoms. The van der Waals surface area contributed by atoms with Crippen LogP contribution in [0, 0.1) is 17.7 Å². The normalized spacial score (nSPS) is 23.9. The number of hydrogen-bond donors (Lipinski definition) is 0. The molecule has 0 amide bonds. The van der Waals surface area contributed by atoms with Gasteiger partial charge in [0.1, 0.15) is 11.6 Å². The van der Waals surface area contributed by atoms with E-state index >= 15 is 0 Å². The minimum atomic E-state index is -0.297. The van der Waals surface area contributed by atoms with Gasteiger partial charge in [-0.2, -0.15) is 0 Å². The molecule has 3 heteroatoms. The largest absolute Gasteiger partial charge is 0.299 e. The van der Waals surface area contributed by atoms with Gasteiger partial charge in [-0.05, 0) is 46.3 Å². The lowest BCUT2D eigenvalue weighted by atomic mass is 9.90. The highest BCUT2D eigenvalue weighted by Gasteiger charge is 2.29. The molecule has 1 aromatic rings. The minimum absolute atomic E-state index is 0.171. The Morgan fingerprint density at radius 3 is 2.88 bits per heavy atom. The molecule has 0 aromatic heterocycles. The summed E-state index contributed by atoms with van der Waals surface area (Å²) in [5, 5.41) is 0. The molecule has 1 aromatic carbocycles. The summed E-state index contributed by atoms with van der Waals surface area (Å²) in [5.74, 6) is 0.607. The zero-order chi connectivity index (χ0) is 12.4. The summed E-state index contributed by atoms with van der Waals surface area (Å²) in [7, 11) is 0. The van der Waals surface area contributed by atoms with Crippen molar-refractivity contribution in [3.05, 3.63) is 34.1 Å². The predicted molar refractivity (Wildman–Crippen MR) is 69.3 cm³/mol. The average molecular weight is 299 g/mol. The van der Waals surface area contributed by atoms with Crippen molar-refractivity contribution in [3.63, 3.8) is 0 Å². The molecule has 0 heterocycles. The molecular formula is C14H16BrFO. The Labute approximate surface area is 110 Å². The van der Waals surface area contributed by atoms with Crippen molar-refractivity contribution < 1.29 is 9.18 Å². The van der Waals surface area contributed by atoms with Gasteiger partial charge >= 0.3 is 0 Å². The second-order valence-electron chi connectivity index (χ2n) is 4.87. The van der Waals surface area contributed by atoms with E-state index in [4.69, 9.17) is 0 Å². The number of halogens is 2. The van der Waals surface area contributed by atoms with Crippen molar-refractivity contribution in [2.75, 3.05) is 0 Å². The molecule has 1 fully saturated rings. The molecule has 2 unspecified atom stereocenters. The van der Waals surface area contributed by atoms with Gasteiger partial charge in [-0.15, -0.1) is 0 Å². The van der Waals surface area contributed by atoms with Gasteiger partial charge < -0.3 is 0 Å². The highest BCUT2D eigenvalue weighted by molar-refractivity contribution is 9.10. The molecule has 0 aliphatic heterocycles. The second kappa shape index (κ2) is 5.30. The number of benzene rings is 1. The Balaban J connectivity index is 2.10. The van der Waals surface area contributed by atoms with Gasteiger partial charge in [0.05, 0.1) is 4.47 Å². The number of carbonyl (C=O) groups is 1. The number of rotatable bonds is 3. The lowest BCUT2D eigenvalue weighted by Crippen LogP contribution is -2.19. The molecule has 0 radical (unpaired) electrons. The lowest BCUT2D eigenvalue weighted by molar-refractivity contribution is -0.123. The van der Waals surface area contributed by atoms with Crippen LogP contribution in [0.25, 0.3) is 0 Å². The average Bonchev–Trinajstić information content (AvgIpc) is 2.71. The fourth-order valence-corrected chi connectivity index (χ4v) is 3.03. The molecule has 1 aliphatic rings. The highest BCUT2D eigenvalue weighted by atomic mass is 79.9. The van der Waals surface area contributed by atoms with E-state index in [-0.39, 0.29) is 17.5 Å². The Morgan fingerprint density at radius 2 is 2.24 bits per heavy atom. The quantitative estimate of drug-likeness (QED) is 0.820. The van der Waals surface area contributed by atoms with Gasteiger partial charge in [0.15, 0.2) is 0 Å². The second-order valence-corrected chi connectivity index (χ2v) is 5.66. The van der Waals surface area contributed by atoms with Crippen LogP contribution in [0.3, 0.4) is 0 Å². The fraction of sp³-hybridized carbons (Fsp3) is 0.500. The van der Waals surface area contributed by atoms with Crippen molar-refractivity contribution in [2.45, 2.75) is 32.6 Å². The Kier molecular flexibility index (Phi) is 3.97. The van der Waals surface area contributed by atoms with Crippen LogP contribution >= 0.6 is 15.9 Å². The zero-order valence-electron chi connectivity index (χ0n) is 9.88. The molecule has 0 N–H and O–H groups in total. The highest BCUT2D eigenvalue weighted by Crippen LogP contribution is 2.33. The van der Waals surface area contributed by atoms with Crippen molar-refractivity contribution in [3.8, 4) is 0 Å². The maximum absolute atomic E-state index is 13.3. The van der Waals surface area contributed by atoms with Crippen molar-refractivity contribution in [2.24, 2.45) is 11.8 Å². The van der Waals surface area contributed by atoms with Gasteiger partial charge in [-0.25, -0.2) is 4.39 Å². The maximum atomic E-state index is 13.3. The summed E-state index contributed by atoms with van der Waals surface area (Å²) in [5.41, 5.74) is 0.758. The first-order valence-electron chi connectivity index (χ1n) is 6.05. The number of Topliss-reactive ketones (excluding diaryl/α,β-unsaturated/α-hetero) is 1. The van der Waals surface area contributed by atoms with Crippen LogP contribution < -0.4 is 0 Å². The van der Waals surface area contributed by atoms with E-state index in [0.717, 1.165) is 24.8 Å². The molecule has 1 saturated carbocycles. The predicted octanol–water partition coefficient (Wildman–Crippen LogP) is 4.14. The summed E-state index contributed by atoms with van der Waals surface area (Å²) >= 11 is 3.21. The molecule has 1 aliphatic carbocycles. The summed E-state index contributed by atoms with van der Waals surface area (Å²) < 4.78 is 13.8. The molecule has 2 rings (SSSR count). The monoisotopic (exact) mass is 298 g/mol. The molecule has 1 nitrogen and oxygen atoms in total. The Bertz CT molecular complexity index is 430. The fourth-order valence-electron chi connectivity index (χ4n) is 2.63. The number of ketones is 1. The van der Waals surface area contributed by atoms with Gasteiger partial charge in [0.2, 0.25) is 0 Å². The van der Waals surface area contributed by atoms with Crippen molar-refractivity contribution >= 4 is 21.7 Å². The number of carbonyl (C=O) groups excluding carboxylic acids is 1. The first-order valence-corrected chi connectivity index (χ1v) is 6.84. The third-order valence-electron chi connectivity index (χ3n) is 3.67. The number of hydrogen-bond acceptors (Lipinski definition) is 1. The SMILES string of the molecule is CC1CCCC1C(=O)Cc1cccc(F)c1Br. The smallest absolute Gasteiger partial charge is 0.140 e. The van der Waals surface area contributed by atoms with Crippen LogP contribution in [-0.4, -0.2) is 5.78 Å². The topological polar surface area (TPSA) is 17.1 Å². The van der Waals surface area contributed by atoms with E-state index in [1.807, 2.05) is 6.07 Å². The molecule has 2 atom stereocenters. The summed E-state index contributed by atoms with van der Waals surface area (Å²) in [6.07, 6.45) is 3.61. The Morgan fingerprint density at radius 1 is 1.47 bits per heavy atom. The third kappa shape index (κ3) is 2.76. The van der Waals surface area contributed by atoms with Crippen LogP contribution in [0.1, 0.15) is 31.7 Å². The van der Waals surface area contributed by atoms with Crippen LogP contribution in [0.15, 0.2) is 22.7 Å². The van der Waals surface area contributed by atoms with E-state index in [1.54, 1.807) is 6.07 Å². The van der Waals surface area contributed by atoms with Crippen LogP contribution in [-0.2, 0) is 11.2 Å². The molecule has 0 spiro atoms. The van der Waals surface area contributed by atoms with E-state index in [9.17, 15) is 9.18 Å². The lowest BCUT2D eigenvalue weighted by Gasteiger charge is -2.14.